The van der Waals surface area contributed by atoms with Crippen LogP contribution in [-0.4, -0.2) is 0 Å². The molecule has 0 aliphatic carbocycles. The second kappa shape index (κ2) is 21.5. The Morgan fingerprint density at radius 2 is 1.37 bits per heavy atom. The normalized spacial score (nSPS) is 10.9. The highest BCUT2D eigenvalue weighted by Crippen LogP contribution is 1.98. The fourth-order valence-corrected chi connectivity index (χ4v) is 0.895. The highest BCUT2D eigenvalue weighted by Gasteiger charge is 1.83. The van der Waals surface area contributed by atoms with E-state index in [9.17, 15) is 0 Å². The topological polar surface area (TPSA) is 0 Å². The molecule has 0 nitrogen and oxygen atoms in total. The van der Waals surface area contributed by atoms with Gasteiger partial charge in [0.1, 0.15) is 0 Å². The van der Waals surface area contributed by atoms with Crippen molar-refractivity contribution in [1.82, 2.24) is 0 Å². The molecule has 0 aliphatic rings. The van der Waals surface area contributed by atoms with Crippen molar-refractivity contribution >= 4 is 0 Å². The molecule has 0 saturated carbocycles. The van der Waals surface area contributed by atoms with E-state index in [1.807, 2.05) is 84.9 Å². The Morgan fingerprint density at radius 1 is 0.842 bits per heavy atom. The first-order valence-electron chi connectivity index (χ1n) is 7.04. The minimum atomic E-state index is 0.928. The molecular weight excluding hydrogens is 228 g/mol. The molecule has 0 aromatic carbocycles. The van der Waals surface area contributed by atoms with Gasteiger partial charge in [-0.15, -0.1) is 0 Å². The predicted molar refractivity (Wildman–Crippen MR) is 92.1 cm³/mol. The van der Waals surface area contributed by atoms with Gasteiger partial charge >= 0.3 is 0 Å². The summed E-state index contributed by atoms with van der Waals surface area (Å²) in [7, 11) is 0. The number of hydrogen-bond donors (Lipinski definition) is 0. The molecule has 19 heavy (non-hydrogen) atoms. The standard InChI is InChI=1S/C15H18.2C2H6/c1-5-9-11-15(8-4)13-12-14(7-3)10-6-2;2*1-2/h5-11H,4H2,1-3H3;2*1-2H3/b9-5-,10-6-,14-7+,15-11+;;. The Morgan fingerprint density at radius 3 is 1.74 bits per heavy atom. The van der Waals surface area contributed by atoms with Gasteiger partial charge in [0, 0.05) is 11.1 Å². The lowest BCUT2D eigenvalue weighted by Crippen LogP contribution is -1.73. The van der Waals surface area contributed by atoms with Crippen molar-refractivity contribution < 1.29 is 0 Å². The molecule has 0 N–H and O–H groups in total. The van der Waals surface area contributed by atoms with E-state index in [4.69, 9.17) is 0 Å². The maximum atomic E-state index is 3.72. The molecule has 0 saturated heterocycles. The number of allylic oxidation sites excluding steroid dienone is 9. The van der Waals surface area contributed by atoms with Gasteiger partial charge in [-0.1, -0.05) is 82.6 Å². The van der Waals surface area contributed by atoms with Gasteiger partial charge in [-0.3, -0.25) is 0 Å². The van der Waals surface area contributed by atoms with Gasteiger partial charge in [0.05, 0.1) is 0 Å². The molecular formula is C19H30. The summed E-state index contributed by atoms with van der Waals surface area (Å²) < 4.78 is 0. The Kier molecular flexibility index (Phi) is 25.4. The van der Waals surface area contributed by atoms with Crippen LogP contribution in [0, 0.1) is 11.8 Å². The molecule has 0 aromatic heterocycles. The summed E-state index contributed by atoms with van der Waals surface area (Å²) in [5, 5.41) is 0. The van der Waals surface area contributed by atoms with Gasteiger partial charge in [0.15, 0.2) is 0 Å². The molecule has 0 fully saturated rings. The largest absolute Gasteiger partial charge is 0.0978 e. The van der Waals surface area contributed by atoms with Crippen LogP contribution in [-0.2, 0) is 0 Å². The van der Waals surface area contributed by atoms with Gasteiger partial charge in [0.2, 0.25) is 0 Å². The van der Waals surface area contributed by atoms with Crippen LogP contribution in [0.2, 0.25) is 0 Å². The Balaban J connectivity index is -0.000000579. The third kappa shape index (κ3) is 16.3. The fraction of sp³-hybridized carbons (Fsp3) is 0.368. The Hall–Kier alpha value is -1.74. The van der Waals surface area contributed by atoms with Crippen molar-refractivity contribution in [3.05, 3.63) is 60.3 Å². The third-order valence-electron chi connectivity index (χ3n) is 1.70. The van der Waals surface area contributed by atoms with Crippen LogP contribution in [0.1, 0.15) is 48.5 Å². The maximum absolute atomic E-state index is 3.72. The van der Waals surface area contributed by atoms with E-state index in [2.05, 4.69) is 18.4 Å². The van der Waals surface area contributed by atoms with E-state index >= 15 is 0 Å². The molecule has 0 bridgehead atoms. The van der Waals surface area contributed by atoms with Crippen molar-refractivity contribution in [2.75, 3.05) is 0 Å². The highest BCUT2D eigenvalue weighted by molar-refractivity contribution is 5.47. The van der Waals surface area contributed by atoms with Crippen LogP contribution in [0.5, 0.6) is 0 Å². The average Bonchev–Trinajstić information content (AvgIpc) is 2.50. The molecule has 0 heteroatoms. The quantitative estimate of drug-likeness (QED) is 0.414. The fourth-order valence-electron chi connectivity index (χ4n) is 0.895. The maximum Gasteiger partial charge on any atom is 0.0243 e. The van der Waals surface area contributed by atoms with Gasteiger partial charge in [0.25, 0.3) is 0 Å². The van der Waals surface area contributed by atoms with Crippen LogP contribution in [0.4, 0.5) is 0 Å². The summed E-state index contributed by atoms with van der Waals surface area (Å²) in [6.45, 7) is 17.7. The van der Waals surface area contributed by atoms with Gasteiger partial charge in [-0.25, -0.2) is 0 Å². The molecule has 0 rings (SSSR count). The molecule has 0 unspecified atom stereocenters. The molecule has 0 heterocycles. The van der Waals surface area contributed by atoms with Crippen molar-refractivity contribution in [2.45, 2.75) is 48.5 Å². The number of rotatable bonds is 3. The highest BCUT2D eigenvalue weighted by atomic mass is 13.9. The first-order valence-corrected chi connectivity index (χ1v) is 7.04. The van der Waals surface area contributed by atoms with Gasteiger partial charge in [-0.2, -0.15) is 0 Å². The van der Waals surface area contributed by atoms with Crippen LogP contribution < -0.4 is 0 Å². The third-order valence-corrected chi connectivity index (χ3v) is 1.70. The zero-order chi connectivity index (χ0) is 15.5. The van der Waals surface area contributed by atoms with E-state index < -0.39 is 0 Å². The monoisotopic (exact) mass is 258 g/mol. The van der Waals surface area contributed by atoms with Crippen molar-refractivity contribution in [3.8, 4) is 11.8 Å². The summed E-state index contributed by atoms with van der Waals surface area (Å²) in [6.07, 6.45) is 13.6. The summed E-state index contributed by atoms with van der Waals surface area (Å²) >= 11 is 0. The summed E-state index contributed by atoms with van der Waals surface area (Å²) in [4.78, 5) is 0. The summed E-state index contributed by atoms with van der Waals surface area (Å²) in [6, 6.07) is 0. The van der Waals surface area contributed by atoms with Gasteiger partial charge < -0.3 is 0 Å². The molecule has 0 spiro atoms. The molecule has 106 valence electrons. The summed E-state index contributed by atoms with van der Waals surface area (Å²) in [5.74, 6) is 6.14. The van der Waals surface area contributed by atoms with Crippen molar-refractivity contribution in [3.63, 3.8) is 0 Å². The minimum absolute atomic E-state index is 0.928. The van der Waals surface area contributed by atoms with E-state index in [0.717, 1.165) is 11.1 Å². The van der Waals surface area contributed by atoms with Gasteiger partial charge in [-0.05, 0) is 26.8 Å². The zero-order valence-electron chi connectivity index (χ0n) is 13.7. The van der Waals surface area contributed by atoms with E-state index in [0.29, 0.717) is 0 Å². The Bertz CT molecular complexity index is 363. The van der Waals surface area contributed by atoms with Crippen molar-refractivity contribution in [2.24, 2.45) is 0 Å². The van der Waals surface area contributed by atoms with Crippen LogP contribution >= 0.6 is 0 Å². The second-order valence-corrected chi connectivity index (χ2v) is 2.85. The lowest BCUT2D eigenvalue weighted by molar-refractivity contribution is 1.50. The van der Waals surface area contributed by atoms with E-state index in [1.54, 1.807) is 6.08 Å². The first-order chi connectivity index (χ1) is 9.28. The van der Waals surface area contributed by atoms with Crippen LogP contribution in [0.25, 0.3) is 0 Å². The average molecular weight is 258 g/mol. The van der Waals surface area contributed by atoms with Crippen LogP contribution in [0.3, 0.4) is 0 Å². The zero-order valence-corrected chi connectivity index (χ0v) is 13.7. The molecule has 0 aromatic rings. The van der Waals surface area contributed by atoms with E-state index in [-0.39, 0.29) is 0 Å². The Labute approximate surface area is 121 Å². The molecule has 0 radical (unpaired) electrons. The summed E-state index contributed by atoms with van der Waals surface area (Å²) in [5.41, 5.74) is 1.95. The predicted octanol–water partition coefficient (Wildman–Crippen LogP) is 6.25. The lowest BCUT2D eigenvalue weighted by atomic mass is 10.2. The molecule has 0 amide bonds. The van der Waals surface area contributed by atoms with E-state index in [1.165, 1.54) is 0 Å². The first kappa shape index (κ1) is 22.4. The van der Waals surface area contributed by atoms with Crippen molar-refractivity contribution in [1.29, 1.82) is 0 Å². The SMILES string of the molecule is C=C/C(C#CC(/C=C\C)=C/C)=C\C=C/C.CC.CC. The lowest BCUT2D eigenvalue weighted by Gasteiger charge is -1.88. The number of hydrogen-bond acceptors (Lipinski definition) is 0. The van der Waals surface area contributed by atoms with Crippen LogP contribution in [0.15, 0.2) is 60.3 Å². The molecule has 0 aliphatic heterocycles. The second-order valence-electron chi connectivity index (χ2n) is 2.85. The smallest absolute Gasteiger partial charge is 0.0243 e. The molecule has 0 atom stereocenters. The minimum Gasteiger partial charge on any atom is -0.0978 e.